The molecule has 0 aliphatic heterocycles. The number of para-hydroxylation sites is 1. The summed E-state index contributed by atoms with van der Waals surface area (Å²) in [5.74, 6) is -1.71. The summed E-state index contributed by atoms with van der Waals surface area (Å²) < 4.78 is 76.3. The van der Waals surface area contributed by atoms with Crippen molar-refractivity contribution in [2.45, 2.75) is 31.4 Å². The molecule has 0 aliphatic rings. The van der Waals surface area contributed by atoms with Gasteiger partial charge >= 0.3 is 6.18 Å². The Balaban J connectivity index is 1.36. The standard InChI is InChI=1S/C34H27ClF3NO6S/c35-28-19-25(32-20-24-4-1-2-6-31(24)45-32)13-16-29(28)39-33(41)27(22-11-14-26(15-12-22)34(36,37)38)18-21-7-9-23(10-8-21)30(40)5-3-17-46(42,43)44/h1-2,4,6-16,19-20,27H,3,5,17-18H2,(H,39,41)(H,42,43,44). The number of fused-ring (bicyclic) bond motifs is 1. The lowest BCUT2D eigenvalue weighted by molar-refractivity contribution is -0.137. The average molecular weight is 670 g/mol. The molecule has 238 valence electrons. The highest BCUT2D eigenvalue weighted by Gasteiger charge is 2.31. The van der Waals surface area contributed by atoms with Crippen LogP contribution >= 0.6 is 11.6 Å². The average Bonchev–Trinajstić information content (AvgIpc) is 3.45. The Hall–Kier alpha value is -4.45. The Morgan fingerprint density at radius 3 is 2.24 bits per heavy atom. The van der Waals surface area contributed by atoms with Gasteiger partial charge < -0.3 is 9.73 Å². The molecule has 5 rings (SSSR count). The van der Waals surface area contributed by atoms with E-state index in [0.29, 0.717) is 39.3 Å². The third-order valence-electron chi connectivity index (χ3n) is 7.42. The van der Waals surface area contributed by atoms with Crippen LogP contribution in [-0.4, -0.2) is 30.4 Å². The lowest BCUT2D eigenvalue weighted by atomic mass is 9.89. The molecular formula is C34H27ClF3NO6S. The number of Topliss-reactive ketones (excluding diaryl/α,β-unsaturated/α-hetero) is 1. The molecule has 1 heterocycles. The fraction of sp³-hybridized carbons (Fsp3) is 0.176. The van der Waals surface area contributed by atoms with Gasteiger partial charge in [-0.1, -0.05) is 66.2 Å². The van der Waals surface area contributed by atoms with Gasteiger partial charge in [-0.25, -0.2) is 0 Å². The topological polar surface area (TPSA) is 114 Å². The normalized spacial score (nSPS) is 12.6. The molecular weight excluding hydrogens is 643 g/mol. The maximum atomic E-state index is 13.7. The summed E-state index contributed by atoms with van der Waals surface area (Å²) in [5, 5.41) is 3.94. The van der Waals surface area contributed by atoms with E-state index < -0.39 is 39.4 Å². The van der Waals surface area contributed by atoms with E-state index >= 15 is 0 Å². The first-order valence-corrected chi connectivity index (χ1v) is 16.1. The van der Waals surface area contributed by atoms with Gasteiger partial charge in [0.05, 0.1) is 27.9 Å². The second-order valence-electron chi connectivity index (χ2n) is 10.7. The van der Waals surface area contributed by atoms with Crippen molar-refractivity contribution in [2.24, 2.45) is 0 Å². The summed E-state index contributed by atoms with van der Waals surface area (Å²) in [6, 6.07) is 25.0. The van der Waals surface area contributed by atoms with Gasteiger partial charge in [0, 0.05) is 22.9 Å². The van der Waals surface area contributed by atoms with E-state index in [-0.39, 0.29) is 30.1 Å². The maximum absolute atomic E-state index is 13.7. The van der Waals surface area contributed by atoms with Crippen molar-refractivity contribution in [3.8, 4) is 11.3 Å². The van der Waals surface area contributed by atoms with Gasteiger partial charge in [-0.2, -0.15) is 21.6 Å². The lowest BCUT2D eigenvalue weighted by Crippen LogP contribution is -2.23. The minimum Gasteiger partial charge on any atom is -0.456 e. The Bertz CT molecular complexity index is 1960. The van der Waals surface area contributed by atoms with Crippen molar-refractivity contribution in [3.63, 3.8) is 0 Å². The molecule has 1 aromatic heterocycles. The molecule has 1 unspecified atom stereocenters. The number of furan rings is 1. The fourth-order valence-electron chi connectivity index (χ4n) is 5.00. The summed E-state index contributed by atoms with van der Waals surface area (Å²) in [5.41, 5.74) is 2.12. The molecule has 7 nitrogen and oxygen atoms in total. The Morgan fingerprint density at radius 1 is 0.913 bits per heavy atom. The monoisotopic (exact) mass is 669 g/mol. The van der Waals surface area contributed by atoms with Crippen LogP contribution in [0.25, 0.3) is 22.3 Å². The number of nitrogens with one attached hydrogen (secondary N) is 1. The van der Waals surface area contributed by atoms with Crippen LogP contribution in [0.4, 0.5) is 18.9 Å². The molecule has 2 N–H and O–H groups in total. The molecule has 0 saturated heterocycles. The number of benzene rings is 4. The smallest absolute Gasteiger partial charge is 0.416 e. The van der Waals surface area contributed by atoms with Crippen LogP contribution in [0.2, 0.25) is 5.02 Å². The van der Waals surface area contributed by atoms with Gasteiger partial charge in [-0.15, -0.1) is 0 Å². The maximum Gasteiger partial charge on any atom is 0.416 e. The van der Waals surface area contributed by atoms with Crippen molar-refractivity contribution in [3.05, 3.63) is 124 Å². The summed E-state index contributed by atoms with van der Waals surface area (Å²) in [6.45, 7) is 0. The van der Waals surface area contributed by atoms with Crippen molar-refractivity contribution >= 4 is 50.1 Å². The van der Waals surface area contributed by atoms with E-state index in [1.807, 2.05) is 30.3 Å². The Morgan fingerprint density at radius 2 is 1.61 bits per heavy atom. The number of halogens is 4. The quantitative estimate of drug-likeness (QED) is 0.108. The van der Waals surface area contributed by atoms with E-state index in [2.05, 4.69) is 5.32 Å². The van der Waals surface area contributed by atoms with Crippen molar-refractivity contribution in [2.75, 3.05) is 11.1 Å². The summed E-state index contributed by atoms with van der Waals surface area (Å²) in [7, 11) is -4.18. The van der Waals surface area contributed by atoms with Crippen molar-refractivity contribution in [1.82, 2.24) is 0 Å². The molecule has 0 radical (unpaired) electrons. The third kappa shape index (κ3) is 8.22. The molecule has 1 atom stereocenters. The molecule has 0 spiro atoms. The van der Waals surface area contributed by atoms with E-state index in [9.17, 15) is 31.2 Å². The number of amides is 1. The largest absolute Gasteiger partial charge is 0.456 e. The van der Waals surface area contributed by atoms with Gasteiger partial charge in [-0.3, -0.25) is 14.1 Å². The SMILES string of the molecule is O=C(CCCS(=O)(=O)O)c1ccc(CC(C(=O)Nc2ccc(-c3cc4ccccc4o3)cc2Cl)c2ccc(C(F)(F)F)cc2)cc1. The third-order valence-corrected chi connectivity index (χ3v) is 8.53. The first kappa shape index (κ1) is 32.9. The van der Waals surface area contributed by atoms with Crippen molar-refractivity contribution < 1.29 is 40.1 Å². The number of ketones is 1. The van der Waals surface area contributed by atoms with Crippen LogP contribution < -0.4 is 5.32 Å². The summed E-state index contributed by atoms with van der Waals surface area (Å²) >= 11 is 6.55. The van der Waals surface area contributed by atoms with Crippen LogP contribution in [0.3, 0.4) is 0 Å². The number of hydrogen-bond donors (Lipinski definition) is 2. The molecule has 0 fully saturated rings. The second-order valence-corrected chi connectivity index (χ2v) is 12.7. The summed E-state index contributed by atoms with van der Waals surface area (Å²) in [6.07, 6.45) is -4.60. The zero-order valence-corrected chi connectivity index (χ0v) is 25.6. The number of carbonyl (C=O) groups excluding carboxylic acids is 2. The first-order chi connectivity index (χ1) is 21.8. The van der Waals surface area contributed by atoms with Gasteiger partial charge in [0.25, 0.3) is 10.1 Å². The zero-order chi connectivity index (χ0) is 33.1. The predicted molar refractivity (Wildman–Crippen MR) is 170 cm³/mol. The molecule has 5 aromatic rings. The van der Waals surface area contributed by atoms with Gasteiger partial charge in [-0.05, 0) is 66.4 Å². The number of alkyl halides is 3. The van der Waals surface area contributed by atoms with E-state index in [0.717, 1.165) is 17.5 Å². The Kier molecular flexibility index (Phi) is 9.66. The van der Waals surface area contributed by atoms with E-state index in [1.54, 1.807) is 30.3 Å². The molecule has 1 amide bonds. The van der Waals surface area contributed by atoms with Crippen LogP contribution in [0.15, 0.2) is 101 Å². The van der Waals surface area contributed by atoms with Crippen LogP contribution in [-0.2, 0) is 27.5 Å². The lowest BCUT2D eigenvalue weighted by Gasteiger charge is -2.19. The minimum atomic E-state index is -4.55. The number of rotatable bonds is 11. The highest BCUT2D eigenvalue weighted by molar-refractivity contribution is 7.85. The molecule has 4 aromatic carbocycles. The van der Waals surface area contributed by atoms with Crippen LogP contribution in [0.1, 0.15) is 45.8 Å². The van der Waals surface area contributed by atoms with Crippen molar-refractivity contribution in [1.29, 1.82) is 0 Å². The first-order valence-electron chi connectivity index (χ1n) is 14.1. The second kappa shape index (κ2) is 13.5. The molecule has 0 saturated carbocycles. The molecule has 0 aliphatic carbocycles. The predicted octanol–water partition coefficient (Wildman–Crippen LogP) is 8.59. The van der Waals surface area contributed by atoms with Gasteiger partial charge in [0.1, 0.15) is 11.3 Å². The number of anilines is 1. The van der Waals surface area contributed by atoms with E-state index in [4.69, 9.17) is 20.6 Å². The molecule has 46 heavy (non-hydrogen) atoms. The molecule has 0 bridgehead atoms. The van der Waals surface area contributed by atoms with E-state index in [1.165, 1.54) is 24.3 Å². The van der Waals surface area contributed by atoms with Gasteiger partial charge in [0.15, 0.2) is 5.78 Å². The van der Waals surface area contributed by atoms with Crippen LogP contribution in [0.5, 0.6) is 0 Å². The fourth-order valence-corrected chi connectivity index (χ4v) is 5.74. The number of hydrogen-bond acceptors (Lipinski definition) is 5. The van der Waals surface area contributed by atoms with Gasteiger partial charge in [0.2, 0.25) is 5.91 Å². The highest BCUT2D eigenvalue weighted by Crippen LogP contribution is 2.34. The number of carbonyl (C=O) groups is 2. The molecule has 12 heteroatoms. The zero-order valence-electron chi connectivity index (χ0n) is 24.1. The highest BCUT2D eigenvalue weighted by atomic mass is 35.5. The summed E-state index contributed by atoms with van der Waals surface area (Å²) in [4.78, 5) is 26.1. The minimum absolute atomic E-state index is 0.0442. The Labute approximate surface area is 267 Å². The van der Waals surface area contributed by atoms with Crippen LogP contribution in [0, 0.1) is 0 Å².